The van der Waals surface area contributed by atoms with Gasteiger partial charge >= 0.3 is 0 Å². The van der Waals surface area contributed by atoms with Gasteiger partial charge in [0, 0.05) is 35.3 Å². The number of phenolic OH excluding ortho intramolecular Hbond substituents is 2. The summed E-state index contributed by atoms with van der Waals surface area (Å²) in [5.41, 5.74) is 1.49. The number of nitrogens with zero attached hydrogens (tertiary/aromatic N) is 1. The first-order chi connectivity index (χ1) is 20.4. The molecule has 0 spiro atoms. The fourth-order valence-electron chi connectivity index (χ4n) is 5.30. The zero-order chi connectivity index (χ0) is 30.9. The van der Waals surface area contributed by atoms with Crippen molar-refractivity contribution in [3.05, 3.63) is 65.2 Å². The normalized spacial score (nSPS) is 15.9. The van der Waals surface area contributed by atoms with Crippen LogP contribution in [0.5, 0.6) is 28.7 Å². The van der Waals surface area contributed by atoms with Gasteiger partial charge in [0.1, 0.15) is 34.9 Å². The predicted molar refractivity (Wildman–Crippen MR) is 157 cm³/mol. The minimum Gasteiger partial charge on any atom is -0.508 e. The van der Waals surface area contributed by atoms with E-state index in [1.54, 1.807) is 7.11 Å². The molecule has 0 aromatic heterocycles. The number of anilines is 2. The Morgan fingerprint density at radius 1 is 0.953 bits per heavy atom. The van der Waals surface area contributed by atoms with E-state index in [0.29, 0.717) is 6.42 Å². The standard InChI is InChI=1S/C31H35N3O9/c1-31(2,12-17-4-6-20(41-3)7-5-17)32-13-25(37)21-9-19(36)11-24-30(21)43-16-28(40)34(24)14-26(38)22-8-18(35)10-23-29(22)42-15-27(39)33-23/h4-11,25-26,32,35-38H,12-16H2,1-3H3,(H,33,39)/t25-,26-/m1/s1. The Labute approximate surface area is 248 Å². The van der Waals surface area contributed by atoms with E-state index in [1.807, 2.05) is 38.1 Å². The van der Waals surface area contributed by atoms with Crippen molar-refractivity contribution >= 4 is 23.2 Å². The molecule has 0 unspecified atom stereocenters. The molecule has 0 saturated carbocycles. The number of aliphatic hydroxyl groups is 2. The highest BCUT2D eigenvalue weighted by Crippen LogP contribution is 2.44. The van der Waals surface area contributed by atoms with Crippen molar-refractivity contribution in [2.75, 3.05) is 43.6 Å². The molecule has 3 aromatic rings. The SMILES string of the molecule is COc1ccc(CC(C)(C)NC[C@@H](O)c2cc(O)cc3c2OCC(=O)N3C[C@@H](O)c2cc(O)cc3c2OCC(=O)N3)cc1. The van der Waals surface area contributed by atoms with E-state index in [9.17, 15) is 30.0 Å². The Bertz CT molecular complexity index is 1520. The molecule has 228 valence electrons. The van der Waals surface area contributed by atoms with Gasteiger partial charge in [-0.2, -0.15) is 0 Å². The van der Waals surface area contributed by atoms with Crippen molar-refractivity contribution in [1.29, 1.82) is 0 Å². The second-order valence-corrected chi connectivity index (χ2v) is 11.2. The molecule has 0 fully saturated rings. The Morgan fingerprint density at radius 3 is 2.30 bits per heavy atom. The lowest BCUT2D eigenvalue weighted by Crippen LogP contribution is -2.44. The molecule has 0 radical (unpaired) electrons. The number of aromatic hydroxyl groups is 2. The van der Waals surface area contributed by atoms with Gasteiger partial charge in [-0.15, -0.1) is 0 Å². The van der Waals surface area contributed by atoms with Crippen LogP contribution in [0, 0.1) is 0 Å². The Balaban J connectivity index is 1.35. The van der Waals surface area contributed by atoms with Crippen LogP contribution in [-0.2, 0) is 16.0 Å². The van der Waals surface area contributed by atoms with E-state index in [4.69, 9.17) is 14.2 Å². The summed E-state index contributed by atoms with van der Waals surface area (Å²) in [6, 6.07) is 13.0. The Morgan fingerprint density at radius 2 is 1.60 bits per heavy atom. The van der Waals surface area contributed by atoms with Gasteiger partial charge in [-0.1, -0.05) is 12.1 Å². The molecule has 0 bridgehead atoms. The van der Waals surface area contributed by atoms with Crippen molar-refractivity contribution in [2.24, 2.45) is 0 Å². The molecule has 2 aliphatic rings. The topological polar surface area (TPSA) is 170 Å². The number of amides is 2. The van der Waals surface area contributed by atoms with Crippen LogP contribution in [0.3, 0.4) is 0 Å². The zero-order valence-electron chi connectivity index (χ0n) is 24.1. The number of β-amino-alcohol motifs (C(OH)–C–C–N with tert-alkyl or cyclic N) is 2. The molecule has 12 nitrogen and oxygen atoms in total. The van der Waals surface area contributed by atoms with E-state index >= 15 is 0 Å². The second kappa shape index (κ2) is 12.0. The van der Waals surface area contributed by atoms with Crippen molar-refractivity contribution in [3.63, 3.8) is 0 Å². The molecule has 2 amide bonds. The number of phenols is 2. The summed E-state index contributed by atoms with van der Waals surface area (Å²) in [6.07, 6.45) is -1.78. The van der Waals surface area contributed by atoms with Gasteiger partial charge in [0.15, 0.2) is 13.2 Å². The number of benzene rings is 3. The van der Waals surface area contributed by atoms with Gasteiger partial charge in [0.2, 0.25) is 0 Å². The third-order valence-corrected chi connectivity index (χ3v) is 7.39. The lowest BCUT2D eigenvalue weighted by Gasteiger charge is -2.34. The summed E-state index contributed by atoms with van der Waals surface area (Å²) in [6.45, 7) is 3.24. The van der Waals surface area contributed by atoms with Gasteiger partial charge in [0.25, 0.3) is 11.8 Å². The van der Waals surface area contributed by atoms with Gasteiger partial charge < -0.3 is 50.2 Å². The van der Waals surface area contributed by atoms with Crippen LogP contribution < -0.4 is 29.7 Å². The third-order valence-electron chi connectivity index (χ3n) is 7.39. The van der Waals surface area contributed by atoms with Crippen molar-refractivity contribution in [2.45, 2.75) is 38.0 Å². The second-order valence-electron chi connectivity index (χ2n) is 11.2. The van der Waals surface area contributed by atoms with E-state index in [1.165, 1.54) is 29.2 Å². The molecule has 0 saturated heterocycles. The first kappa shape index (κ1) is 30.0. The van der Waals surface area contributed by atoms with E-state index in [-0.39, 0.29) is 71.8 Å². The first-order valence-electron chi connectivity index (χ1n) is 13.8. The summed E-state index contributed by atoms with van der Waals surface area (Å²) in [7, 11) is 1.61. The highest BCUT2D eigenvalue weighted by atomic mass is 16.5. The maximum Gasteiger partial charge on any atom is 0.265 e. The van der Waals surface area contributed by atoms with Crippen LogP contribution in [0.15, 0.2) is 48.5 Å². The number of aliphatic hydroxyl groups excluding tert-OH is 2. The van der Waals surface area contributed by atoms with Crippen molar-refractivity contribution in [1.82, 2.24) is 5.32 Å². The molecule has 2 aliphatic heterocycles. The van der Waals surface area contributed by atoms with Gasteiger partial charge in [0.05, 0.1) is 31.1 Å². The van der Waals surface area contributed by atoms with Crippen LogP contribution in [0.1, 0.15) is 42.7 Å². The lowest BCUT2D eigenvalue weighted by molar-refractivity contribution is -0.121. The largest absolute Gasteiger partial charge is 0.508 e. The Hall–Kier alpha value is -4.52. The molecule has 2 heterocycles. The number of carbonyl (C=O) groups is 2. The van der Waals surface area contributed by atoms with Gasteiger partial charge in [-0.3, -0.25) is 9.59 Å². The monoisotopic (exact) mass is 593 g/mol. The quantitative estimate of drug-likeness (QED) is 0.205. The van der Waals surface area contributed by atoms with Gasteiger partial charge in [-0.05, 0) is 50.1 Å². The maximum absolute atomic E-state index is 13.0. The van der Waals surface area contributed by atoms with Crippen LogP contribution in [0.25, 0.3) is 0 Å². The number of nitrogens with one attached hydrogen (secondary N) is 2. The van der Waals surface area contributed by atoms with Crippen molar-refractivity contribution < 1.29 is 44.2 Å². The molecule has 3 aromatic carbocycles. The van der Waals surface area contributed by atoms with E-state index < -0.39 is 29.6 Å². The number of carbonyl (C=O) groups excluding carboxylic acids is 2. The van der Waals surface area contributed by atoms with Crippen LogP contribution >= 0.6 is 0 Å². The molecule has 5 rings (SSSR count). The summed E-state index contributed by atoms with van der Waals surface area (Å²) in [5.74, 6) is -0.159. The molecular weight excluding hydrogens is 558 g/mol. The summed E-state index contributed by atoms with van der Waals surface area (Å²) in [4.78, 5) is 26.0. The molecule has 43 heavy (non-hydrogen) atoms. The predicted octanol–water partition coefficient (Wildman–Crippen LogP) is 2.54. The molecule has 2 atom stereocenters. The average molecular weight is 594 g/mol. The molecule has 12 heteroatoms. The maximum atomic E-state index is 13.0. The number of hydrogen-bond donors (Lipinski definition) is 6. The highest BCUT2D eigenvalue weighted by Gasteiger charge is 2.34. The third kappa shape index (κ3) is 6.61. The zero-order valence-corrected chi connectivity index (χ0v) is 24.1. The number of hydrogen-bond acceptors (Lipinski definition) is 10. The first-order valence-corrected chi connectivity index (χ1v) is 13.8. The average Bonchev–Trinajstić information content (AvgIpc) is 2.96. The minimum atomic E-state index is -1.35. The fraction of sp³-hybridized carbons (Fsp3) is 0.355. The molecular formula is C31H35N3O9. The van der Waals surface area contributed by atoms with Crippen LogP contribution in [0.2, 0.25) is 0 Å². The van der Waals surface area contributed by atoms with Gasteiger partial charge in [-0.25, -0.2) is 0 Å². The summed E-state index contributed by atoms with van der Waals surface area (Å²) >= 11 is 0. The van der Waals surface area contributed by atoms with E-state index in [2.05, 4.69) is 10.6 Å². The summed E-state index contributed by atoms with van der Waals surface area (Å²) < 4.78 is 16.5. The van der Waals surface area contributed by atoms with Crippen LogP contribution in [0.4, 0.5) is 11.4 Å². The lowest BCUT2D eigenvalue weighted by atomic mass is 9.94. The van der Waals surface area contributed by atoms with E-state index in [0.717, 1.165) is 11.3 Å². The summed E-state index contributed by atoms with van der Waals surface area (Å²) in [5, 5.41) is 49.1. The minimum absolute atomic E-state index is 0.122. The molecule has 6 N–H and O–H groups in total. The number of methoxy groups -OCH3 is 1. The highest BCUT2D eigenvalue weighted by molar-refractivity contribution is 5.99. The molecule has 0 aliphatic carbocycles. The number of rotatable bonds is 10. The Kier molecular flexibility index (Phi) is 8.36. The smallest absolute Gasteiger partial charge is 0.265 e. The number of fused-ring (bicyclic) bond motifs is 2. The fourth-order valence-corrected chi connectivity index (χ4v) is 5.30. The van der Waals surface area contributed by atoms with Crippen molar-refractivity contribution in [3.8, 4) is 28.7 Å². The van der Waals surface area contributed by atoms with Crippen LogP contribution in [-0.4, -0.2) is 71.2 Å². The number of ether oxygens (including phenoxy) is 3.